The molecule has 0 saturated heterocycles. The van der Waals surface area contributed by atoms with Gasteiger partial charge in [0.05, 0.1) is 22.1 Å². The molecule has 66 heavy (non-hydrogen) atoms. The van der Waals surface area contributed by atoms with Gasteiger partial charge >= 0.3 is 0 Å². The van der Waals surface area contributed by atoms with Crippen LogP contribution in [0.5, 0.6) is 0 Å². The molecular weight excluding hydrogens is 797 g/mol. The van der Waals surface area contributed by atoms with Crippen LogP contribution in [-0.4, -0.2) is 4.57 Å². The first kappa shape index (κ1) is 38.3. The van der Waals surface area contributed by atoms with Crippen molar-refractivity contribution in [2.75, 3.05) is 4.90 Å². The Labute approximate surface area is 386 Å². The summed E-state index contributed by atoms with van der Waals surface area (Å²) in [6, 6.07) is 90.0. The first-order chi connectivity index (χ1) is 32.5. The molecule has 2 heteroatoms. The van der Waals surface area contributed by atoms with Crippen molar-refractivity contribution in [2.45, 2.75) is 24.7 Å². The maximum Gasteiger partial charge on any atom is 0.0713 e. The number of anilines is 3. The summed E-state index contributed by atoms with van der Waals surface area (Å²) in [4.78, 5) is 2.51. The summed E-state index contributed by atoms with van der Waals surface area (Å²) < 4.78 is 2.45. The van der Waals surface area contributed by atoms with Gasteiger partial charge in [-0.25, -0.2) is 0 Å². The molecule has 0 saturated carbocycles. The number of nitrogens with zero attached hydrogens (tertiary/aromatic N) is 2. The molecule has 0 atom stereocenters. The van der Waals surface area contributed by atoms with Crippen molar-refractivity contribution in [1.82, 2.24) is 4.57 Å². The van der Waals surface area contributed by atoms with Gasteiger partial charge in [-0.15, -0.1) is 0 Å². The lowest BCUT2D eigenvalue weighted by Gasteiger charge is -2.34. The topological polar surface area (TPSA) is 8.17 Å². The second kappa shape index (κ2) is 14.7. The minimum Gasteiger partial charge on any atom is -0.310 e. The van der Waals surface area contributed by atoms with Gasteiger partial charge in [0.25, 0.3) is 0 Å². The Bertz CT molecular complexity index is 3610. The largest absolute Gasteiger partial charge is 0.310 e. The molecule has 0 bridgehead atoms. The third-order valence-corrected chi connectivity index (χ3v) is 14.6. The van der Waals surface area contributed by atoms with Crippen LogP contribution in [0.3, 0.4) is 0 Å². The van der Waals surface area contributed by atoms with Crippen LogP contribution >= 0.6 is 0 Å². The summed E-state index contributed by atoms with van der Waals surface area (Å²) in [5.74, 6) is 0. The molecule has 2 aliphatic rings. The average molecular weight is 843 g/mol. The van der Waals surface area contributed by atoms with Crippen LogP contribution < -0.4 is 4.90 Å². The van der Waals surface area contributed by atoms with Crippen molar-refractivity contribution in [3.63, 3.8) is 0 Å². The number of benzene rings is 10. The first-order valence-corrected chi connectivity index (χ1v) is 23.1. The van der Waals surface area contributed by atoms with E-state index in [1.807, 2.05) is 0 Å². The maximum absolute atomic E-state index is 2.51. The van der Waals surface area contributed by atoms with Crippen LogP contribution in [-0.2, 0) is 10.8 Å². The van der Waals surface area contributed by atoms with Gasteiger partial charge in [0.2, 0.25) is 0 Å². The molecule has 0 fully saturated rings. The fraction of sp³-hybridized carbons (Fsp3) is 0.0625. The lowest BCUT2D eigenvalue weighted by molar-refractivity contribution is 0.661. The second-order valence-electron chi connectivity index (χ2n) is 18.4. The molecule has 0 amide bonds. The smallest absolute Gasteiger partial charge is 0.0713 e. The lowest BCUT2D eigenvalue weighted by Crippen LogP contribution is -2.28. The molecule has 0 spiro atoms. The Morgan fingerprint density at radius 1 is 0.364 bits per heavy atom. The predicted molar refractivity (Wildman–Crippen MR) is 276 cm³/mol. The highest BCUT2D eigenvalue weighted by Crippen LogP contribution is 2.58. The fourth-order valence-corrected chi connectivity index (χ4v) is 11.8. The molecule has 312 valence electrons. The van der Waals surface area contributed by atoms with Gasteiger partial charge in [-0.2, -0.15) is 0 Å². The molecule has 2 nitrogen and oxygen atoms in total. The zero-order chi connectivity index (χ0) is 44.0. The van der Waals surface area contributed by atoms with E-state index in [0.29, 0.717) is 0 Å². The number of aromatic nitrogens is 1. The van der Waals surface area contributed by atoms with E-state index in [1.54, 1.807) is 0 Å². The quantitative estimate of drug-likeness (QED) is 0.155. The molecular formula is C64H46N2. The van der Waals surface area contributed by atoms with E-state index in [1.165, 1.54) is 94.3 Å². The van der Waals surface area contributed by atoms with Gasteiger partial charge in [0.15, 0.2) is 0 Å². The minimum absolute atomic E-state index is 0.216. The Morgan fingerprint density at radius 3 is 1.53 bits per heavy atom. The van der Waals surface area contributed by atoms with Crippen molar-refractivity contribution < 1.29 is 0 Å². The minimum atomic E-state index is -0.515. The van der Waals surface area contributed by atoms with Crippen LogP contribution in [0.4, 0.5) is 17.1 Å². The normalized spacial score (nSPS) is 13.8. The van der Waals surface area contributed by atoms with Crippen molar-refractivity contribution in [3.8, 4) is 39.1 Å². The molecule has 1 aromatic heterocycles. The van der Waals surface area contributed by atoms with Gasteiger partial charge in [-0.3, -0.25) is 0 Å². The maximum atomic E-state index is 2.51. The summed E-state index contributed by atoms with van der Waals surface area (Å²) in [6.45, 7) is 4.77. The van der Waals surface area contributed by atoms with Crippen LogP contribution in [0.1, 0.15) is 47.2 Å². The third kappa shape index (κ3) is 5.48. The van der Waals surface area contributed by atoms with Crippen LogP contribution in [0.15, 0.2) is 243 Å². The number of fused-ring (bicyclic) bond motifs is 9. The van der Waals surface area contributed by atoms with Crippen molar-refractivity contribution in [3.05, 3.63) is 276 Å². The Hall–Kier alpha value is -8.20. The van der Waals surface area contributed by atoms with Crippen molar-refractivity contribution in [1.29, 1.82) is 0 Å². The lowest BCUT2D eigenvalue weighted by atomic mass is 9.67. The number of hydrogen-bond acceptors (Lipinski definition) is 1. The molecule has 13 rings (SSSR count). The first-order valence-electron chi connectivity index (χ1n) is 23.1. The van der Waals surface area contributed by atoms with Gasteiger partial charge in [0.1, 0.15) is 0 Å². The standard InChI is InChI=1S/C64H46N2/c1-63(2)56-29-15-12-27-52(56)53-28-18-32-61(62(53)63)65(48-36-33-44(34-37-48)43-19-6-3-7-20-43)49-38-40-60-55(42-49)54-41-46(35-39-59(54)66(60)47-23-10-5-11-24-47)64(45-21-8-4-9-22-45)57-30-16-13-25-50(57)51-26-14-17-31-58(51)64/h3-42H,1-2H3. The van der Waals surface area contributed by atoms with E-state index in [9.17, 15) is 0 Å². The van der Waals surface area contributed by atoms with Crippen LogP contribution in [0.2, 0.25) is 0 Å². The number of hydrogen-bond donors (Lipinski definition) is 0. The van der Waals surface area contributed by atoms with E-state index < -0.39 is 5.41 Å². The highest BCUT2D eigenvalue weighted by atomic mass is 15.1. The fourth-order valence-electron chi connectivity index (χ4n) is 11.8. The van der Waals surface area contributed by atoms with Crippen molar-refractivity contribution >= 4 is 38.9 Å². The van der Waals surface area contributed by atoms with Gasteiger partial charge in [-0.05, 0) is 127 Å². The highest BCUT2D eigenvalue weighted by molar-refractivity contribution is 6.11. The Morgan fingerprint density at radius 2 is 0.864 bits per heavy atom. The SMILES string of the molecule is CC1(C)c2ccccc2-c2cccc(N(c3ccc(-c4ccccc4)cc3)c3ccc4c(c3)c3cc(C5(c6ccccc6)c6ccccc6-c6ccccc65)ccc3n4-c3ccccc3)c21. The number of rotatable bonds is 7. The third-order valence-electron chi connectivity index (χ3n) is 14.6. The monoisotopic (exact) mass is 842 g/mol. The van der Waals surface area contributed by atoms with Gasteiger partial charge < -0.3 is 9.47 Å². The summed E-state index contributed by atoms with van der Waals surface area (Å²) in [5.41, 5.74) is 21.6. The highest BCUT2D eigenvalue weighted by Gasteiger charge is 2.46. The summed E-state index contributed by atoms with van der Waals surface area (Å²) in [6.07, 6.45) is 0. The van der Waals surface area contributed by atoms with Crippen LogP contribution in [0.25, 0.3) is 60.9 Å². The Kier molecular flexibility index (Phi) is 8.51. The average Bonchev–Trinajstić information content (AvgIpc) is 3.96. The van der Waals surface area contributed by atoms with Crippen molar-refractivity contribution in [2.24, 2.45) is 0 Å². The zero-order valence-electron chi connectivity index (χ0n) is 37.0. The van der Waals surface area contributed by atoms with Gasteiger partial charge in [0, 0.05) is 33.2 Å². The molecule has 11 aromatic rings. The summed E-state index contributed by atoms with van der Waals surface area (Å²) >= 11 is 0. The van der Waals surface area contributed by atoms with Gasteiger partial charge in [-0.1, -0.05) is 196 Å². The molecule has 1 heterocycles. The predicted octanol–water partition coefficient (Wildman–Crippen LogP) is 16.6. The van der Waals surface area contributed by atoms with E-state index in [0.717, 1.165) is 17.1 Å². The zero-order valence-corrected chi connectivity index (χ0v) is 37.0. The Balaban J connectivity index is 1.09. The molecule has 0 N–H and O–H groups in total. The molecule has 0 aliphatic heterocycles. The van der Waals surface area contributed by atoms with E-state index in [2.05, 4.69) is 266 Å². The van der Waals surface area contributed by atoms with E-state index in [4.69, 9.17) is 0 Å². The molecule has 2 aliphatic carbocycles. The second-order valence-corrected chi connectivity index (χ2v) is 18.4. The summed E-state index contributed by atoms with van der Waals surface area (Å²) in [7, 11) is 0. The van der Waals surface area contributed by atoms with Crippen LogP contribution in [0, 0.1) is 0 Å². The van der Waals surface area contributed by atoms with E-state index in [-0.39, 0.29) is 5.41 Å². The van der Waals surface area contributed by atoms with E-state index >= 15 is 0 Å². The summed E-state index contributed by atoms with van der Waals surface area (Å²) in [5, 5.41) is 2.42. The number of para-hydroxylation sites is 1. The molecule has 10 aromatic carbocycles. The molecule has 0 unspecified atom stereocenters. The molecule has 0 radical (unpaired) electrons.